The second-order valence-corrected chi connectivity index (χ2v) is 4.96. The Morgan fingerprint density at radius 3 is 2.50 bits per heavy atom. The van der Waals surface area contributed by atoms with Crippen LogP contribution in [0.2, 0.25) is 0 Å². The van der Waals surface area contributed by atoms with Crippen LogP contribution in [0.25, 0.3) is 0 Å². The summed E-state index contributed by atoms with van der Waals surface area (Å²) in [5.74, 6) is 0.666. The SMILES string of the molecule is COCCC(=O)Nc1cnc(N2CCCCCC2)nc1. The number of carbonyl (C=O) groups is 1. The molecule has 6 heteroatoms. The lowest BCUT2D eigenvalue weighted by Gasteiger charge is -2.19. The molecular formula is C14H22N4O2. The molecule has 0 saturated carbocycles. The van der Waals surface area contributed by atoms with Gasteiger partial charge in [0.2, 0.25) is 11.9 Å². The zero-order valence-electron chi connectivity index (χ0n) is 12.0. The van der Waals surface area contributed by atoms with Crippen LogP contribution in [0.5, 0.6) is 0 Å². The number of methoxy groups -OCH3 is 1. The summed E-state index contributed by atoms with van der Waals surface area (Å²) in [6.07, 6.45) is 8.62. The number of aromatic nitrogens is 2. The molecule has 1 N–H and O–H groups in total. The number of carbonyl (C=O) groups excluding carboxylic acids is 1. The van der Waals surface area contributed by atoms with Crippen molar-refractivity contribution in [2.75, 3.05) is 37.0 Å². The number of hydrogen-bond donors (Lipinski definition) is 1. The van der Waals surface area contributed by atoms with Crippen LogP contribution in [0.3, 0.4) is 0 Å². The average molecular weight is 278 g/mol. The minimum absolute atomic E-state index is 0.0852. The highest BCUT2D eigenvalue weighted by Gasteiger charge is 2.12. The number of rotatable bonds is 5. The van der Waals surface area contributed by atoms with Gasteiger partial charge in [-0.2, -0.15) is 0 Å². The maximum absolute atomic E-state index is 11.5. The number of ether oxygens (including phenoxy) is 1. The summed E-state index contributed by atoms with van der Waals surface area (Å²) < 4.78 is 4.86. The van der Waals surface area contributed by atoms with E-state index in [0.29, 0.717) is 18.7 Å². The zero-order valence-corrected chi connectivity index (χ0v) is 12.0. The molecule has 2 heterocycles. The minimum Gasteiger partial charge on any atom is -0.384 e. The van der Waals surface area contributed by atoms with Gasteiger partial charge in [0.1, 0.15) is 0 Å². The predicted octanol–water partition coefficient (Wildman–Crippen LogP) is 1.83. The van der Waals surface area contributed by atoms with Crippen molar-refractivity contribution < 1.29 is 9.53 Å². The quantitative estimate of drug-likeness (QED) is 0.890. The van der Waals surface area contributed by atoms with Crippen LogP contribution < -0.4 is 10.2 Å². The Labute approximate surface area is 119 Å². The maximum Gasteiger partial charge on any atom is 0.226 e. The highest BCUT2D eigenvalue weighted by molar-refractivity contribution is 5.90. The first-order valence-electron chi connectivity index (χ1n) is 7.15. The van der Waals surface area contributed by atoms with Gasteiger partial charge in [-0.15, -0.1) is 0 Å². The van der Waals surface area contributed by atoms with Crippen LogP contribution in [-0.4, -0.2) is 42.7 Å². The Morgan fingerprint density at radius 1 is 1.25 bits per heavy atom. The summed E-state index contributed by atoms with van der Waals surface area (Å²) in [5, 5.41) is 2.76. The zero-order chi connectivity index (χ0) is 14.2. The molecule has 1 fully saturated rings. The highest BCUT2D eigenvalue weighted by Crippen LogP contribution is 2.16. The molecule has 6 nitrogen and oxygen atoms in total. The van der Waals surface area contributed by atoms with E-state index in [1.807, 2.05) is 0 Å². The molecule has 1 aromatic rings. The largest absolute Gasteiger partial charge is 0.384 e. The van der Waals surface area contributed by atoms with E-state index >= 15 is 0 Å². The van der Waals surface area contributed by atoms with E-state index in [2.05, 4.69) is 20.2 Å². The number of nitrogens with one attached hydrogen (secondary N) is 1. The maximum atomic E-state index is 11.5. The minimum atomic E-state index is -0.0852. The van der Waals surface area contributed by atoms with Crippen LogP contribution in [0.15, 0.2) is 12.4 Å². The van der Waals surface area contributed by atoms with Gasteiger partial charge >= 0.3 is 0 Å². The Kier molecular flexibility index (Phi) is 5.73. The van der Waals surface area contributed by atoms with Crippen molar-refractivity contribution >= 4 is 17.5 Å². The molecule has 2 rings (SSSR count). The third-order valence-electron chi connectivity index (χ3n) is 3.34. The molecular weight excluding hydrogens is 256 g/mol. The molecule has 1 aliphatic rings. The first-order valence-corrected chi connectivity index (χ1v) is 7.15. The number of nitrogens with zero attached hydrogens (tertiary/aromatic N) is 3. The molecule has 0 aromatic carbocycles. The Bertz CT molecular complexity index is 414. The van der Waals surface area contributed by atoms with Crippen molar-refractivity contribution in [2.24, 2.45) is 0 Å². The van der Waals surface area contributed by atoms with E-state index < -0.39 is 0 Å². The molecule has 1 amide bonds. The molecule has 0 radical (unpaired) electrons. The monoisotopic (exact) mass is 278 g/mol. The summed E-state index contributed by atoms with van der Waals surface area (Å²) in [7, 11) is 1.58. The topological polar surface area (TPSA) is 67.3 Å². The van der Waals surface area contributed by atoms with Gasteiger partial charge in [0, 0.05) is 20.2 Å². The average Bonchev–Trinajstić information content (AvgIpc) is 2.75. The summed E-state index contributed by atoms with van der Waals surface area (Å²) in [6, 6.07) is 0. The van der Waals surface area contributed by atoms with E-state index in [9.17, 15) is 4.79 Å². The molecule has 0 bridgehead atoms. The van der Waals surface area contributed by atoms with Gasteiger partial charge in [-0.3, -0.25) is 4.79 Å². The smallest absolute Gasteiger partial charge is 0.226 e. The second-order valence-electron chi connectivity index (χ2n) is 4.96. The van der Waals surface area contributed by atoms with Crippen molar-refractivity contribution in [3.8, 4) is 0 Å². The number of anilines is 2. The van der Waals surface area contributed by atoms with E-state index in [1.54, 1.807) is 19.5 Å². The number of amides is 1. The molecule has 0 unspecified atom stereocenters. The van der Waals surface area contributed by atoms with Gasteiger partial charge in [-0.25, -0.2) is 9.97 Å². The molecule has 0 aliphatic carbocycles. The summed E-state index contributed by atoms with van der Waals surface area (Å²) in [4.78, 5) is 22.5. The van der Waals surface area contributed by atoms with E-state index in [1.165, 1.54) is 25.7 Å². The second kappa shape index (κ2) is 7.79. The first-order chi connectivity index (χ1) is 9.79. The van der Waals surface area contributed by atoms with E-state index in [4.69, 9.17) is 4.74 Å². The van der Waals surface area contributed by atoms with Gasteiger partial charge in [0.25, 0.3) is 0 Å². The fourth-order valence-electron chi connectivity index (χ4n) is 2.24. The van der Waals surface area contributed by atoms with Crippen LogP contribution in [-0.2, 0) is 9.53 Å². The Balaban J connectivity index is 1.90. The van der Waals surface area contributed by atoms with Gasteiger partial charge in [-0.1, -0.05) is 12.8 Å². The molecule has 1 saturated heterocycles. The van der Waals surface area contributed by atoms with Crippen molar-refractivity contribution in [1.82, 2.24) is 9.97 Å². The molecule has 0 spiro atoms. The van der Waals surface area contributed by atoms with Gasteiger partial charge in [0.05, 0.1) is 31.1 Å². The molecule has 1 aromatic heterocycles. The lowest BCUT2D eigenvalue weighted by atomic mass is 10.2. The molecule has 1 aliphatic heterocycles. The third kappa shape index (κ3) is 4.45. The third-order valence-corrected chi connectivity index (χ3v) is 3.34. The highest BCUT2D eigenvalue weighted by atomic mass is 16.5. The van der Waals surface area contributed by atoms with E-state index in [0.717, 1.165) is 19.0 Å². The fraction of sp³-hybridized carbons (Fsp3) is 0.643. The molecule has 0 atom stereocenters. The van der Waals surface area contributed by atoms with Crippen molar-refractivity contribution in [2.45, 2.75) is 32.1 Å². The fourth-order valence-corrected chi connectivity index (χ4v) is 2.24. The van der Waals surface area contributed by atoms with Gasteiger partial charge in [-0.05, 0) is 12.8 Å². The Morgan fingerprint density at radius 2 is 1.90 bits per heavy atom. The normalized spacial score (nSPS) is 15.8. The molecule has 20 heavy (non-hydrogen) atoms. The lowest BCUT2D eigenvalue weighted by molar-refractivity contribution is -0.117. The predicted molar refractivity (Wildman–Crippen MR) is 77.8 cm³/mol. The standard InChI is InChI=1S/C14H22N4O2/c1-20-9-6-13(19)17-12-10-15-14(16-11-12)18-7-4-2-3-5-8-18/h10-11H,2-9H2,1H3,(H,17,19). The summed E-state index contributed by atoms with van der Waals surface area (Å²) in [6.45, 7) is 2.44. The van der Waals surface area contributed by atoms with Gasteiger partial charge < -0.3 is 15.0 Å². The van der Waals surface area contributed by atoms with Crippen LogP contribution in [0, 0.1) is 0 Å². The van der Waals surface area contributed by atoms with Gasteiger partial charge in [0.15, 0.2) is 0 Å². The number of hydrogen-bond acceptors (Lipinski definition) is 5. The first kappa shape index (κ1) is 14.7. The van der Waals surface area contributed by atoms with Crippen LogP contribution >= 0.6 is 0 Å². The van der Waals surface area contributed by atoms with Crippen molar-refractivity contribution in [3.05, 3.63) is 12.4 Å². The van der Waals surface area contributed by atoms with E-state index in [-0.39, 0.29) is 5.91 Å². The summed E-state index contributed by atoms with van der Waals surface area (Å²) >= 11 is 0. The van der Waals surface area contributed by atoms with Crippen molar-refractivity contribution in [1.29, 1.82) is 0 Å². The lowest BCUT2D eigenvalue weighted by Crippen LogP contribution is -2.26. The molecule has 110 valence electrons. The van der Waals surface area contributed by atoms with Crippen molar-refractivity contribution in [3.63, 3.8) is 0 Å². The van der Waals surface area contributed by atoms with Crippen LogP contribution in [0.4, 0.5) is 11.6 Å². The Hall–Kier alpha value is -1.69. The van der Waals surface area contributed by atoms with Crippen LogP contribution in [0.1, 0.15) is 32.1 Å². The summed E-state index contributed by atoms with van der Waals surface area (Å²) in [5.41, 5.74) is 0.629.